The number of ketones is 1. The SMILES string of the molecule is CCCCNS(=O)(=O)c1cccc(NC(=O)C(=O)C(C)(C)C)c1. The Balaban J connectivity index is 2.89. The van der Waals surface area contributed by atoms with Crippen LogP contribution in [0.3, 0.4) is 0 Å². The normalized spacial score (nSPS) is 12.0. The van der Waals surface area contributed by atoms with E-state index < -0.39 is 27.1 Å². The quantitative estimate of drug-likeness (QED) is 0.588. The fraction of sp³-hybridized carbons (Fsp3) is 0.500. The predicted molar refractivity (Wildman–Crippen MR) is 89.6 cm³/mol. The number of anilines is 1. The second-order valence-electron chi connectivity index (χ2n) is 6.31. The topological polar surface area (TPSA) is 92.3 Å². The van der Waals surface area contributed by atoms with Crippen LogP contribution in [0.25, 0.3) is 0 Å². The maximum atomic E-state index is 12.1. The number of unbranched alkanes of at least 4 members (excludes halogenated alkanes) is 1. The fourth-order valence-corrected chi connectivity index (χ4v) is 2.86. The van der Waals surface area contributed by atoms with E-state index in [9.17, 15) is 18.0 Å². The number of sulfonamides is 1. The van der Waals surface area contributed by atoms with Gasteiger partial charge in [-0.3, -0.25) is 9.59 Å². The Kier molecular flexibility index (Phi) is 6.47. The molecule has 1 amide bonds. The van der Waals surface area contributed by atoms with Gasteiger partial charge in [-0.05, 0) is 24.6 Å². The van der Waals surface area contributed by atoms with Crippen LogP contribution < -0.4 is 10.0 Å². The molecule has 1 aromatic carbocycles. The van der Waals surface area contributed by atoms with E-state index >= 15 is 0 Å². The monoisotopic (exact) mass is 340 g/mol. The number of carbonyl (C=O) groups excluding carboxylic acids is 2. The molecule has 23 heavy (non-hydrogen) atoms. The number of nitrogens with one attached hydrogen (secondary N) is 2. The van der Waals surface area contributed by atoms with E-state index in [4.69, 9.17) is 0 Å². The Morgan fingerprint density at radius 2 is 1.83 bits per heavy atom. The van der Waals surface area contributed by atoms with Crippen LogP contribution in [-0.2, 0) is 19.6 Å². The number of amides is 1. The molecule has 0 radical (unpaired) electrons. The molecular formula is C16H24N2O4S. The van der Waals surface area contributed by atoms with Gasteiger partial charge in [0.25, 0.3) is 5.91 Å². The first-order valence-electron chi connectivity index (χ1n) is 7.53. The van der Waals surface area contributed by atoms with Crippen molar-refractivity contribution in [2.45, 2.75) is 45.4 Å². The van der Waals surface area contributed by atoms with Crippen molar-refractivity contribution >= 4 is 27.4 Å². The zero-order chi connectivity index (χ0) is 17.7. The van der Waals surface area contributed by atoms with Crippen LogP contribution in [0.15, 0.2) is 29.2 Å². The van der Waals surface area contributed by atoms with Gasteiger partial charge in [0.15, 0.2) is 0 Å². The van der Waals surface area contributed by atoms with Gasteiger partial charge in [0, 0.05) is 17.6 Å². The summed E-state index contributed by atoms with van der Waals surface area (Å²) in [5.41, 5.74) is -0.527. The molecule has 1 rings (SSSR count). The van der Waals surface area contributed by atoms with Gasteiger partial charge < -0.3 is 5.32 Å². The van der Waals surface area contributed by atoms with E-state index in [-0.39, 0.29) is 10.6 Å². The van der Waals surface area contributed by atoms with Crippen LogP contribution >= 0.6 is 0 Å². The minimum absolute atomic E-state index is 0.0506. The average Bonchev–Trinajstić information content (AvgIpc) is 2.46. The summed E-state index contributed by atoms with van der Waals surface area (Å²) in [5, 5.41) is 2.45. The maximum Gasteiger partial charge on any atom is 0.292 e. The zero-order valence-corrected chi connectivity index (χ0v) is 14.8. The van der Waals surface area contributed by atoms with Gasteiger partial charge in [-0.1, -0.05) is 40.2 Å². The van der Waals surface area contributed by atoms with Crippen molar-refractivity contribution in [2.24, 2.45) is 5.41 Å². The van der Waals surface area contributed by atoms with Crippen LogP contribution in [0.1, 0.15) is 40.5 Å². The largest absolute Gasteiger partial charge is 0.319 e. The lowest BCUT2D eigenvalue weighted by Gasteiger charge is -2.16. The summed E-state index contributed by atoms with van der Waals surface area (Å²) in [6, 6.07) is 5.84. The van der Waals surface area contributed by atoms with Crippen molar-refractivity contribution in [1.82, 2.24) is 4.72 Å². The van der Waals surface area contributed by atoms with Crippen LogP contribution in [0.2, 0.25) is 0 Å². The first-order chi connectivity index (χ1) is 10.6. The number of hydrogen-bond donors (Lipinski definition) is 2. The van der Waals surface area contributed by atoms with Crippen LogP contribution in [0, 0.1) is 5.41 Å². The molecule has 128 valence electrons. The van der Waals surface area contributed by atoms with E-state index in [1.165, 1.54) is 18.2 Å². The first kappa shape index (κ1) is 19.3. The summed E-state index contributed by atoms with van der Waals surface area (Å²) in [6.45, 7) is 7.27. The van der Waals surface area contributed by atoms with Crippen molar-refractivity contribution in [2.75, 3.05) is 11.9 Å². The summed E-state index contributed by atoms with van der Waals surface area (Å²) in [6.07, 6.45) is 1.63. The smallest absolute Gasteiger partial charge is 0.292 e. The highest BCUT2D eigenvalue weighted by atomic mass is 32.2. The molecule has 2 N–H and O–H groups in total. The second kappa shape index (κ2) is 7.70. The maximum absolute atomic E-state index is 12.1. The third-order valence-corrected chi connectivity index (χ3v) is 4.57. The van der Waals surface area contributed by atoms with Crippen LogP contribution in [0.5, 0.6) is 0 Å². The lowest BCUT2D eigenvalue weighted by atomic mass is 9.90. The number of rotatable bonds is 7. The second-order valence-corrected chi connectivity index (χ2v) is 8.08. The Morgan fingerprint density at radius 1 is 1.17 bits per heavy atom. The van der Waals surface area contributed by atoms with Gasteiger partial charge in [0.1, 0.15) is 0 Å². The third-order valence-electron chi connectivity index (χ3n) is 3.11. The molecule has 0 aromatic heterocycles. The van der Waals surface area contributed by atoms with Gasteiger partial charge in [-0.25, -0.2) is 13.1 Å². The summed E-state index contributed by atoms with van der Waals surface area (Å²) < 4.78 is 26.8. The highest BCUT2D eigenvalue weighted by molar-refractivity contribution is 7.89. The molecule has 0 aliphatic rings. The van der Waals surface area contributed by atoms with Crippen LogP contribution in [0.4, 0.5) is 5.69 Å². The number of carbonyl (C=O) groups is 2. The van der Waals surface area contributed by atoms with Gasteiger partial charge in [-0.15, -0.1) is 0 Å². The van der Waals surface area contributed by atoms with E-state index in [1.54, 1.807) is 26.8 Å². The van der Waals surface area contributed by atoms with Crippen molar-refractivity contribution in [1.29, 1.82) is 0 Å². The van der Waals surface area contributed by atoms with Crippen molar-refractivity contribution in [3.05, 3.63) is 24.3 Å². The molecule has 7 heteroatoms. The standard InChI is InChI=1S/C16H24N2O4S/c1-5-6-10-17-23(21,22)13-9-7-8-12(11-13)18-15(20)14(19)16(2,3)4/h7-9,11,17H,5-6,10H2,1-4H3,(H,18,20). The van der Waals surface area contributed by atoms with E-state index in [1.807, 2.05) is 6.92 Å². The molecule has 0 unspecified atom stereocenters. The van der Waals surface area contributed by atoms with E-state index in [0.29, 0.717) is 6.54 Å². The highest BCUT2D eigenvalue weighted by Gasteiger charge is 2.28. The van der Waals surface area contributed by atoms with Crippen molar-refractivity contribution < 1.29 is 18.0 Å². The van der Waals surface area contributed by atoms with Crippen molar-refractivity contribution in [3.8, 4) is 0 Å². The number of hydrogen-bond acceptors (Lipinski definition) is 4. The average molecular weight is 340 g/mol. The molecule has 0 bridgehead atoms. The highest BCUT2D eigenvalue weighted by Crippen LogP contribution is 2.18. The molecular weight excluding hydrogens is 316 g/mol. The predicted octanol–water partition coefficient (Wildman–Crippen LogP) is 2.32. The molecule has 1 aromatic rings. The Labute approximate surface area is 137 Å². The van der Waals surface area contributed by atoms with Gasteiger partial charge in [0.05, 0.1) is 4.90 Å². The number of benzene rings is 1. The zero-order valence-electron chi connectivity index (χ0n) is 14.0. The Hall–Kier alpha value is -1.73. The van der Waals surface area contributed by atoms with Gasteiger partial charge >= 0.3 is 0 Å². The summed E-state index contributed by atoms with van der Waals surface area (Å²) in [4.78, 5) is 23.8. The lowest BCUT2D eigenvalue weighted by molar-refractivity contribution is -0.139. The molecule has 0 aliphatic carbocycles. The first-order valence-corrected chi connectivity index (χ1v) is 9.02. The number of Topliss-reactive ketones (excluding diaryl/α,β-unsaturated/α-hetero) is 1. The molecule has 6 nitrogen and oxygen atoms in total. The molecule has 0 fully saturated rings. The Bertz CT molecular complexity index is 676. The lowest BCUT2D eigenvalue weighted by Crippen LogP contribution is -2.33. The van der Waals surface area contributed by atoms with Crippen LogP contribution in [-0.4, -0.2) is 26.7 Å². The minimum Gasteiger partial charge on any atom is -0.319 e. The fourth-order valence-electron chi connectivity index (χ4n) is 1.74. The molecule has 0 heterocycles. The van der Waals surface area contributed by atoms with E-state index in [0.717, 1.165) is 12.8 Å². The summed E-state index contributed by atoms with van der Waals surface area (Å²) >= 11 is 0. The molecule has 0 saturated heterocycles. The molecule has 0 saturated carbocycles. The molecule has 0 aliphatic heterocycles. The molecule has 0 atom stereocenters. The Morgan fingerprint density at radius 3 is 2.39 bits per heavy atom. The van der Waals surface area contributed by atoms with Gasteiger partial charge in [0.2, 0.25) is 15.8 Å². The van der Waals surface area contributed by atoms with Crippen molar-refractivity contribution in [3.63, 3.8) is 0 Å². The summed E-state index contributed by atoms with van der Waals surface area (Å²) in [5.74, 6) is -1.32. The minimum atomic E-state index is -3.63. The summed E-state index contributed by atoms with van der Waals surface area (Å²) in [7, 11) is -3.63. The van der Waals surface area contributed by atoms with Gasteiger partial charge in [-0.2, -0.15) is 0 Å². The van der Waals surface area contributed by atoms with E-state index in [2.05, 4.69) is 10.0 Å². The molecule has 0 spiro atoms. The third kappa shape index (κ3) is 5.76.